The lowest BCUT2D eigenvalue weighted by Crippen LogP contribution is -2.27. The van der Waals surface area contributed by atoms with Crippen molar-refractivity contribution in [2.24, 2.45) is 5.92 Å². The maximum Gasteiger partial charge on any atom is 0.416 e. The monoisotopic (exact) mass is 272 g/mol. The maximum atomic E-state index is 12.6. The highest BCUT2D eigenvalue weighted by Gasteiger charge is 2.32. The van der Waals surface area contributed by atoms with Gasteiger partial charge in [-0.05, 0) is 24.1 Å². The molecule has 0 bridgehead atoms. The standard InChI is InChI=1S/C13H15F3N2O/c1-7(2)10-6-12(19)18-11-5-8(13(14,15)16)3-4-9(11)17-10/h3-5,7,10,17H,6H2,1-2H3,(H,18,19). The molecule has 1 aliphatic rings. The molecular formula is C13H15F3N2O. The van der Waals surface area contributed by atoms with Crippen LogP contribution in [0.5, 0.6) is 0 Å². The van der Waals surface area contributed by atoms with E-state index in [1.165, 1.54) is 6.07 Å². The van der Waals surface area contributed by atoms with Crippen LogP contribution in [0.1, 0.15) is 25.8 Å². The molecule has 3 nitrogen and oxygen atoms in total. The SMILES string of the molecule is CC(C)C1CC(=O)Nc2cc(C(F)(F)F)ccc2N1. The van der Waals surface area contributed by atoms with E-state index in [4.69, 9.17) is 0 Å². The van der Waals surface area contributed by atoms with Crippen molar-refractivity contribution in [1.82, 2.24) is 0 Å². The molecule has 0 aromatic heterocycles. The second-order valence-corrected chi connectivity index (χ2v) is 5.01. The number of carbonyl (C=O) groups is 1. The van der Waals surface area contributed by atoms with Gasteiger partial charge < -0.3 is 10.6 Å². The van der Waals surface area contributed by atoms with Crippen molar-refractivity contribution in [2.75, 3.05) is 10.6 Å². The summed E-state index contributed by atoms with van der Waals surface area (Å²) in [6, 6.07) is 3.25. The Morgan fingerprint density at radius 3 is 2.53 bits per heavy atom. The summed E-state index contributed by atoms with van der Waals surface area (Å²) in [5.41, 5.74) is -0.0585. The number of amides is 1. The molecule has 1 unspecified atom stereocenters. The number of nitrogens with one attached hydrogen (secondary N) is 2. The van der Waals surface area contributed by atoms with Crippen LogP contribution in [-0.4, -0.2) is 11.9 Å². The molecule has 19 heavy (non-hydrogen) atoms. The molecule has 0 aliphatic carbocycles. The fourth-order valence-corrected chi connectivity index (χ4v) is 2.00. The molecule has 0 radical (unpaired) electrons. The van der Waals surface area contributed by atoms with Gasteiger partial charge in [0.25, 0.3) is 0 Å². The first-order valence-electron chi connectivity index (χ1n) is 6.05. The van der Waals surface area contributed by atoms with E-state index >= 15 is 0 Å². The zero-order chi connectivity index (χ0) is 14.2. The Morgan fingerprint density at radius 1 is 1.26 bits per heavy atom. The molecular weight excluding hydrogens is 257 g/mol. The number of anilines is 2. The fraction of sp³-hybridized carbons (Fsp3) is 0.462. The van der Waals surface area contributed by atoms with Gasteiger partial charge in [-0.2, -0.15) is 13.2 Å². The molecule has 6 heteroatoms. The predicted octanol–water partition coefficient (Wildman–Crippen LogP) is 3.48. The molecule has 0 fully saturated rings. The highest BCUT2D eigenvalue weighted by atomic mass is 19.4. The van der Waals surface area contributed by atoms with Crippen LogP contribution in [0.25, 0.3) is 0 Å². The minimum absolute atomic E-state index is 0.0852. The van der Waals surface area contributed by atoms with Gasteiger partial charge in [-0.15, -0.1) is 0 Å². The van der Waals surface area contributed by atoms with Gasteiger partial charge in [-0.25, -0.2) is 0 Å². The first kappa shape index (κ1) is 13.7. The van der Waals surface area contributed by atoms with Gasteiger partial charge in [0.2, 0.25) is 5.91 Å². The summed E-state index contributed by atoms with van der Waals surface area (Å²) in [6.45, 7) is 3.92. The van der Waals surface area contributed by atoms with Crippen molar-refractivity contribution in [3.63, 3.8) is 0 Å². The van der Waals surface area contributed by atoms with E-state index in [1.807, 2.05) is 13.8 Å². The summed E-state index contributed by atoms with van der Waals surface area (Å²) in [4.78, 5) is 11.7. The van der Waals surface area contributed by atoms with Crippen LogP contribution >= 0.6 is 0 Å². The number of hydrogen-bond acceptors (Lipinski definition) is 2. The Balaban J connectivity index is 2.38. The van der Waals surface area contributed by atoms with Gasteiger partial charge in [0, 0.05) is 12.5 Å². The number of alkyl halides is 3. The number of rotatable bonds is 1. The highest BCUT2D eigenvalue weighted by Crippen LogP contribution is 2.35. The van der Waals surface area contributed by atoms with Gasteiger partial charge in [0.1, 0.15) is 0 Å². The number of benzene rings is 1. The van der Waals surface area contributed by atoms with Gasteiger partial charge in [0.05, 0.1) is 16.9 Å². The highest BCUT2D eigenvalue weighted by molar-refractivity contribution is 5.96. The van der Waals surface area contributed by atoms with E-state index < -0.39 is 11.7 Å². The Hall–Kier alpha value is -1.72. The van der Waals surface area contributed by atoms with E-state index in [2.05, 4.69) is 10.6 Å². The third kappa shape index (κ3) is 3.00. The molecule has 1 atom stereocenters. The molecule has 0 spiro atoms. The largest absolute Gasteiger partial charge is 0.416 e. The Morgan fingerprint density at radius 2 is 1.95 bits per heavy atom. The van der Waals surface area contributed by atoms with Crippen LogP contribution in [0.4, 0.5) is 24.5 Å². The van der Waals surface area contributed by atoms with Crippen molar-refractivity contribution < 1.29 is 18.0 Å². The van der Waals surface area contributed by atoms with Gasteiger partial charge >= 0.3 is 6.18 Å². The van der Waals surface area contributed by atoms with Crippen molar-refractivity contribution in [3.8, 4) is 0 Å². The summed E-state index contributed by atoms with van der Waals surface area (Å²) in [6.07, 6.45) is -4.17. The summed E-state index contributed by atoms with van der Waals surface area (Å²) in [5, 5.41) is 5.64. The first-order chi connectivity index (χ1) is 8.77. The van der Waals surface area contributed by atoms with Crippen LogP contribution in [0.2, 0.25) is 0 Å². The van der Waals surface area contributed by atoms with E-state index in [0.29, 0.717) is 5.69 Å². The number of fused-ring (bicyclic) bond motifs is 1. The number of halogens is 3. The lowest BCUT2D eigenvalue weighted by molar-refractivity contribution is -0.137. The predicted molar refractivity (Wildman–Crippen MR) is 66.9 cm³/mol. The first-order valence-corrected chi connectivity index (χ1v) is 6.05. The summed E-state index contributed by atoms with van der Waals surface area (Å²) >= 11 is 0. The lowest BCUT2D eigenvalue weighted by Gasteiger charge is -2.20. The van der Waals surface area contributed by atoms with Crippen LogP contribution in [0, 0.1) is 5.92 Å². The van der Waals surface area contributed by atoms with Crippen LogP contribution in [0.15, 0.2) is 18.2 Å². The molecule has 2 N–H and O–H groups in total. The molecule has 0 saturated carbocycles. The molecule has 2 rings (SSSR count). The Bertz CT molecular complexity index is 497. The van der Waals surface area contributed by atoms with E-state index in [1.54, 1.807) is 0 Å². The third-order valence-electron chi connectivity index (χ3n) is 3.17. The number of carbonyl (C=O) groups excluding carboxylic acids is 1. The third-order valence-corrected chi connectivity index (χ3v) is 3.17. The quantitative estimate of drug-likeness (QED) is 0.821. The second kappa shape index (κ2) is 4.75. The van der Waals surface area contributed by atoms with Crippen LogP contribution < -0.4 is 10.6 Å². The maximum absolute atomic E-state index is 12.6. The van der Waals surface area contributed by atoms with Crippen LogP contribution in [-0.2, 0) is 11.0 Å². The lowest BCUT2D eigenvalue weighted by atomic mass is 10.0. The molecule has 1 aromatic carbocycles. The fourth-order valence-electron chi connectivity index (χ4n) is 2.00. The van der Waals surface area contributed by atoms with Crippen LogP contribution in [0.3, 0.4) is 0 Å². The van der Waals surface area contributed by atoms with E-state index in [-0.39, 0.29) is 30.0 Å². The topological polar surface area (TPSA) is 41.1 Å². The van der Waals surface area contributed by atoms with Gasteiger partial charge in [-0.1, -0.05) is 13.8 Å². The molecule has 0 saturated heterocycles. The molecule has 1 aromatic rings. The van der Waals surface area contributed by atoms with Crippen molar-refractivity contribution in [2.45, 2.75) is 32.5 Å². The van der Waals surface area contributed by atoms with Crippen molar-refractivity contribution >= 4 is 17.3 Å². The molecule has 104 valence electrons. The summed E-state index contributed by atoms with van der Waals surface area (Å²) in [7, 11) is 0. The summed E-state index contributed by atoms with van der Waals surface area (Å²) < 4.78 is 37.9. The zero-order valence-corrected chi connectivity index (χ0v) is 10.6. The minimum Gasteiger partial charge on any atom is -0.380 e. The Labute approximate surface area is 109 Å². The Kier molecular flexibility index (Phi) is 3.43. The zero-order valence-electron chi connectivity index (χ0n) is 10.6. The average Bonchev–Trinajstić information content (AvgIpc) is 2.44. The van der Waals surface area contributed by atoms with Crippen molar-refractivity contribution in [1.29, 1.82) is 0 Å². The molecule has 1 amide bonds. The summed E-state index contributed by atoms with van der Waals surface area (Å²) in [5.74, 6) is -0.0664. The average molecular weight is 272 g/mol. The van der Waals surface area contributed by atoms with Crippen molar-refractivity contribution in [3.05, 3.63) is 23.8 Å². The second-order valence-electron chi connectivity index (χ2n) is 5.01. The van der Waals surface area contributed by atoms with Gasteiger partial charge in [-0.3, -0.25) is 4.79 Å². The normalized spacial score (nSPS) is 19.5. The van der Waals surface area contributed by atoms with E-state index in [9.17, 15) is 18.0 Å². The van der Waals surface area contributed by atoms with Gasteiger partial charge in [0.15, 0.2) is 0 Å². The van der Waals surface area contributed by atoms with E-state index in [0.717, 1.165) is 12.1 Å². The molecule has 1 heterocycles. The molecule has 1 aliphatic heterocycles. The number of hydrogen-bond donors (Lipinski definition) is 2. The minimum atomic E-state index is -4.41. The smallest absolute Gasteiger partial charge is 0.380 e.